The molecule has 8 nitrogen and oxygen atoms in total. The summed E-state index contributed by atoms with van der Waals surface area (Å²) in [7, 11) is -2.97. The van der Waals surface area contributed by atoms with Crippen molar-refractivity contribution in [3.63, 3.8) is 0 Å². The van der Waals surface area contributed by atoms with Gasteiger partial charge in [-0.25, -0.2) is 13.2 Å². The molecule has 0 fully saturated rings. The molecule has 82 valence electrons. The SMILES string of the molecule is COC(=O)CS(=O)(=O)NOCC(=O)O. The van der Waals surface area contributed by atoms with Gasteiger partial charge in [0.25, 0.3) is 0 Å². The van der Waals surface area contributed by atoms with Crippen LogP contribution in [0.15, 0.2) is 0 Å². The van der Waals surface area contributed by atoms with Crippen molar-refractivity contribution in [1.29, 1.82) is 0 Å². The molecule has 0 aliphatic rings. The fourth-order valence-corrected chi connectivity index (χ4v) is 1.15. The number of hydrogen-bond acceptors (Lipinski definition) is 6. The molecule has 0 saturated heterocycles. The van der Waals surface area contributed by atoms with Crippen molar-refractivity contribution >= 4 is 22.0 Å². The summed E-state index contributed by atoms with van der Waals surface area (Å²) in [6.07, 6.45) is 0. The lowest BCUT2D eigenvalue weighted by molar-refractivity contribution is -0.143. The second-order valence-electron chi connectivity index (χ2n) is 2.10. The number of carboxylic acid groups (broad SMARTS) is 1. The number of ether oxygens (including phenoxy) is 1. The van der Waals surface area contributed by atoms with Crippen molar-refractivity contribution in [2.45, 2.75) is 0 Å². The molecule has 14 heavy (non-hydrogen) atoms. The van der Waals surface area contributed by atoms with Gasteiger partial charge >= 0.3 is 11.9 Å². The second kappa shape index (κ2) is 5.52. The van der Waals surface area contributed by atoms with Crippen LogP contribution in [0.3, 0.4) is 0 Å². The van der Waals surface area contributed by atoms with E-state index in [-0.39, 0.29) is 0 Å². The molecule has 0 amide bonds. The normalized spacial score (nSPS) is 10.9. The van der Waals surface area contributed by atoms with Crippen LogP contribution in [0.25, 0.3) is 0 Å². The van der Waals surface area contributed by atoms with Crippen LogP contribution >= 0.6 is 0 Å². The molecule has 0 bridgehead atoms. The van der Waals surface area contributed by atoms with Gasteiger partial charge in [-0.05, 0) is 0 Å². The fourth-order valence-electron chi connectivity index (χ4n) is 0.425. The molecule has 0 aliphatic carbocycles. The summed E-state index contributed by atoms with van der Waals surface area (Å²) in [5, 5.41) is 8.09. The Kier molecular flexibility index (Phi) is 5.05. The Morgan fingerprint density at radius 1 is 1.43 bits per heavy atom. The summed E-state index contributed by atoms with van der Waals surface area (Å²) in [5.41, 5.74) is 0. The molecule has 0 spiro atoms. The lowest BCUT2D eigenvalue weighted by atomic mass is 10.8. The highest BCUT2D eigenvalue weighted by Gasteiger charge is 2.17. The number of carbonyl (C=O) groups is 2. The van der Waals surface area contributed by atoms with Gasteiger partial charge in [0.15, 0.2) is 12.4 Å². The molecule has 0 aromatic carbocycles. The highest BCUT2D eigenvalue weighted by Crippen LogP contribution is 1.86. The summed E-state index contributed by atoms with van der Waals surface area (Å²) >= 11 is 0. The van der Waals surface area contributed by atoms with E-state index >= 15 is 0 Å². The third-order valence-electron chi connectivity index (χ3n) is 0.917. The maximum atomic E-state index is 10.9. The Balaban J connectivity index is 3.96. The molecule has 2 N–H and O–H groups in total. The minimum Gasteiger partial charge on any atom is -0.479 e. The zero-order valence-corrected chi connectivity index (χ0v) is 8.04. The van der Waals surface area contributed by atoms with E-state index in [2.05, 4.69) is 9.57 Å². The number of hydrogen-bond donors (Lipinski definition) is 2. The monoisotopic (exact) mass is 227 g/mol. The Morgan fingerprint density at radius 3 is 2.43 bits per heavy atom. The third-order valence-corrected chi connectivity index (χ3v) is 1.90. The van der Waals surface area contributed by atoms with Crippen molar-refractivity contribution in [3.05, 3.63) is 0 Å². The Bertz CT molecular complexity index is 308. The van der Waals surface area contributed by atoms with Crippen molar-refractivity contribution < 1.29 is 32.7 Å². The number of carboxylic acids is 1. The quantitative estimate of drug-likeness (QED) is 0.401. The molecule has 0 saturated carbocycles. The summed E-state index contributed by atoms with van der Waals surface area (Å²) in [5.74, 6) is -3.24. The van der Waals surface area contributed by atoms with Gasteiger partial charge in [-0.3, -0.25) is 9.63 Å². The molecular weight excluding hydrogens is 218 g/mol. The van der Waals surface area contributed by atoms with Crippen molar-refractivity contribution in [1.82, 2.24) is 4.89 Å². The lowest BCUT2D eigenvalue weighted by Gasteiger charge is -2.03. The minimum absolute atomic E-state index is 0.833. The first-order valence-corrected chi connectivity index (χ1v) is 4.92. The smallest absolute Gasteiger partial charge is 0.331 e. The number of carbonyl (C=O) groups excluding carboxylic acids is 1. The van der Waals surface area contributed by atoms with E-state index in [0.29, 0.717) is 0 Å². The molecule has 0 aliphatic heterocycles. The van der Waals surface area contributed by atoms with Crippen LogP contribution in [0.2, 0.25) is 0 Å². The van der Waals surface area contributed by atoms with E-state index in [1.54, 1.807) is 0 Å². The zero-order chi connectivity index (χ0) is 11.2. The largest absolute Gasteiger partial charge is 0.479 e. The highest BCUT2D eigenvalue weighted by atomic mass is 32.2. The maximum Gasteiger partial charge on any atom is 0.331 e. The third kappa shape index (κ3) is 6.34. The van der Waals surface area contributed by atoms with Gasteiger partial charge in [0.1, 0.15) is 0 Å². The first-order valence-electron chi connectivity index (χ1n) is 3.27. The Labute approximate surface area is 79.8 Å². The lowest BCUT2D eigenvalue weighted by Crippen LogP contribution is -2.32. The second-order valence-corrected chi connectivity index (χ2v) is 3.79. The molecule has 0 rings (SSSR count). The van der Waals surface area contributed by atoms with Gasteiger partial charge in [-0.2, -0.15) is 0 Å². The number of sulfonamides is 1. The molecule has 0 radical (unpaired) electrons. The fraction of sp³-hybridized carbons (Fsp3) is 0.600. The van der Waals surface area contributed by atoms with Crippen LogP contribution in [0.1, 0.15) is 0 Å². The van der Waals surface area contributed by atoms with Gasteiger partial charge < -0.3 is 9.84 Å². The summed E-state index contributed by atoms with van der Waals surface area (Å²) in [6.45, 7) is -0.833. The zero-order valence-electron chi connectivity index (χ0n) is 7.22. The van der Waals surface area contributed by atoms with Crippen molar-refractivity contribution in [3.8, 4) is 0 Å². The van der Waals surface area contributed by atoms with Gasteiger partial charge in [-0.1, -0.05) is 4.89 Å². The van der Waals surface area contributed by atoms with Crippen molar-refractivity contribution in [2.24, 2.45) is 0 Å². The van der Waals surface area contributed by atoms with Gasteiger partial charge in [0, 0.05) is 0 Å². The average molecular weight is 227 g/mol. The van der Waals surface area contributed by atoms with E-state index in [0.717, 1.165) is 7.11 Å². The number of nitrogens with one attached hydrogen (secondary N) is 1. The van der Waals surface area contributed by atoms with Crippen LogP contribution in [0.4, 0.5) is 0 Å². The van der Waals surface area contributed by atoms with Gasteiger partial charge in [0.2, 0.25) is 10.0 Å². The predicted molar refractivity (Wildman–Crippen MR) is 42.5 cm³/mol. The Hall–Kier alpha value is -1.19. The van der Waals surface area contributed by atoms with E-state index in [1.165, 1.54) is 4.89 Å². The first kappa shape index (κ1) is 12.8. The molecular formula is C5H9NO7S. The van der Waals surface area contributed by atoms with Gasteiger partial charge in [0.05, 0.1) is 7.11 Å². The highest BCUT2D eigenvalue weighted by molar-refractivity contribution is 7.90. The number of aliphatic carboxylic acids is 1. The Morgan fingerprint density at radius 2 is 2.00 bits per heavy atom. The number of esters is 1. The number of methoxy groups -OCH3 is 1. The van der Waals surface area contributed by atoms with E-state index in [4.69, 9.17) is 5.11 Å². The summed E-state index contributed by atoms with van der Waals surface area (Å²) in [6, 6.07) is 0. The van der Waals surface area contributed by atoms with Crippen LogP contribution < -0.4 is 4.89 Å². The topological polar surface area (TPSA) is 119 Å². The molecule has 0 unspecified atom stereocenters. The van der Waals surface area contributed by atoms with Crippen molar-refractivity contribution in [2.75, 3.05) is 19.5 Å². The van der Waals surface area contributed by atoms with Gasteiger partial charge in [-0.15, -0.1) is 0 Å². The van der Waals surface area contributed by atoms with E-state index in [9.17, 15) is 18.0 Å². The number of rotatable bonds is 6. The maximum absolute atomic E-state index is 10.9. The molecule has 9 heteroatoms. The van der Waals surface area contributed by atoms with Crippen LogP contribution in [-0.4, -0.2) is 44.9 Å². The summed E-state index contributed by atoms with van der Waals surface area (Å²) in [4.78, 5) is 25.9. The van der Waals surface area contributed by atoms with Crippen LogP contribution in [0.5, 0.6) is 0 Å². The summed E-state index contributed by atoms with van der Waals surface area (Å²) < 4.78 is 25.8. The average Bonchev–Trinajstić information content (AvgIpc) is 2.02. The molecule has 0 heterocycles. The first-order chi connectivity index (χ1) is 6.37. The minimum atomic E-state index is -4.00. The standard InChI is InChI=1S/C5H9NO7S/c1-12-5(9)3-14(10,11)6-13-2-4(7)8/h6H,2-3H2,1H3,(H,7,8). The molecule has 0 aromatic heterocycles. The van der Waals surface area contributed by atoms with Crippen LogP contribution in [0, 0.1) is 0 Å². The van der Waals surface area contributed by atoms with E-state index < -0.39 is 34.3 Å². The predicted octanol–water partition coefficient (Wildman–Crippen LogP) is -1.90. The molecule has 0 aromatic rings. The van der Waals surface area contributed by atoms with E-state index in [1.807, 2.05) is 0 Å². The molecule has 0 atom stereocenters. The van der Waals surface area contributed by atoms with Crippen LogP contribution in [-0.2, 0) is 29.2 Å².